The molecule has 0 unspecified atom stereocenters. The first-order chi connectivity index (χ1) is 14.1. The van der Waals surface area contributed by atoms with Crippen molar-refractivity contribution >= 4 is 22.5 Å². The van der Waals surface area contributed by atoms with Crippen LogP contribution in [0.3, 0.4) is 0 Å². The van der Waals surface area contributed by atoms with E-state index >= 15 is 0 Å². The van der Waals surface area contributed by atoms with Gasteiger partial charge in [0.15, 0.2) is 0 Å². The minimum atomic E-state index is -0.226. The molecule has 5 rings (SSSR count). The summed E-state index contributed by atoms with van der Waals surface area (Å²) in [6, 6.07) is 8.49. The molecule has 6 heteroatoms. The van der Waals surface area contributed by atoms with E-state index in [2.05, 4.69) is 43.6 Å². The summed E-state index contributed by atoms with van der Waals surface area (Å²) in [7, 11) is 2.02. The van der Waals surface area contributed by atoms with Crippen molar-refractivity contribution in [3.63, 3.8) is 0 Å². The molecule has 4 aromatic rings. The van der Waals surface area contributed by atoms with Gasteiger partial charge in [-0.15, -0.1) is 0 Å². The van der Waals surface area contributed by atoms with Crippen molar-refractivity contribution in [3.05, 3.63) is 67.9 Å². The first-order valence-corrected chi connectivity index (χ1v) is 9.65. The van der Waals surface area contributed by atoms with Crippen LogP contribution in [0.1, 0.15) is 18.9 Å². The van der Waals surface area contributed by atoms with Gasteiger partial charge in [0, 0.05) is 65.1 Å². The number of nitrogens with one attached hydrogen (secondary N) is 1. The highest BCUT2D eigenvalue weighted by atomic mass is 16.1. The van der Waals surface area contributed by atoms with E-state index in [-0.39, 0.29) is 5.91 Å². The van der Waals surface area contributed by atoms with E-state index in [0.29, 0.717) is 6.04 Å². The first kappa shape index (κ1) is 17.4. The number of nitrogens with zero attached hydrogens (tertiary/aromatic N) is 4. The molecular formula is C23H21N5O. The van der Waals surface area contributed by atoms with Gasteiger partial charge in [0.05, 0.1) is 12.2 Å². The fourth-order valence-electron chi connectivity index (χ4n) is 3.75. The van der Waals surface area contributed by atoms with Gasteiger partial charge in [0.1, 0.15) is 0 Å². The number of hydrogen-bond donors (Lipinski definition) is 1. The van der Waals surface area contributed by atoms with Crippen molar-refractivity contribution in [1.82, 2.24) is 19.3 Å². The fourth-order valence-corrected chi connectivity index (χ4v) is 3.75. The number of anilines is 1. The molecule has 0 bridgehead atoms. The quantitative estimate of drug-likeness (QED) is 0.514. The molecule has 1 aliphatic carbocycles. The Morgan fingerprint density at radius 1 is 1.17 bits per heavy atom. The molecule has 6 nitrogen and oxygen atoms in total. The van der Waals surface area contributed by atoms with E-state index in [1.165, 1.54) is 18.9 Å². The molecule has 144 valence electrons. The van der Waals surface area contributed by atoms with Gasteiger partial charge in [-0.05, 0) is 48.7 Å². The maximum absolute atomic E-state index is 11.7. The Morgan fingerprint density at radius 2 is 2.03 bits per heavy atom. The third-order valence-electron chi connectivity index (χ3n) is 5.39. The predicted octanol–water partition coefficient (Wildman–Crippen LogP) is 4.56. The van der Waals surface area contributed by atoms with Crippen LogP contribution in [-0.4, -0.2) is 25.2 Å². The van der Waals surface area contributed by atoms with Gasteiger partial charge < -0.3 is 9.88 Å². The molecule has 0 radical (unpaired) electrons. The maximum atomic E-state index is 11.7. The minimum absolute atomic E-state index is 0.226. The standard InChI is InChI=1S/C23H21N5O/c1-3-23(29)26-16-4-7-22-19(10-16)21(14-27(22)2)20-12-24-9-8-18(20)15-11-25-28(13-15)17-5-6-17/h3-4,7-14,17H,1,5-6H2,2H3,(H,26,29). The van der Waals surface area contributed by atoms with Crippen molar-refractivity contribution in [1.29, 1.82) is 0 Å². The Hall–Kier alpha value is -3.67. The average molecular weight is 383 g/mol. The smallest absolute Gasteiger partial charge is 0.247 e. The number of pyridine rings is 1. The summed E-state index contributed by atoms with van der Waals surface area (Å²) in [4.78, 5) is 16.1. The first-order valence-electron chi connectivity index (χ1n) is 9.65. The SMILES string of the molecule is C=CC(=O)Nc1ccc2c(c1)c(-c1cnccc1-c1cnn(C3CC3)c1)cn2C. The summed E-state index contributed by atoms with van der Waals surface area (Å²) < 4.78 is 4.15. The number of rotatable bonds is 5. The van der Waals surface area contributed by atoms with E-state index in [1.807, 2.05) is 49.9 Å². The average Bonchev–Trinajstić information content (AvgIpc) is 3.39. The van der Waals surface area contributed by atoms with E-state index in [9.17, 15) is 4.79 Å². The summed E-state index contributed by atoms with van der Waals surface area (Å²) in [6.07, 6.45) is 13.5. The summed E-state index contributed by atoms with van der Waals surface area (Å²) in [5.41, 5.74) is 6.12. The third-order valence-corrected chi connectivity index (χ3v) is 5.39. The number of hydrogen-bond acceptors (Lipinski definition) is 3. The number of carbonyl (C=O) groups excluding carboxylic acids is 1. The van der Waals surface area contributed by atoms with E-state index in [0.717, 1.165) is 38.8 Å². The molecule has 1 aromatic carbocycles. The highest BCUT2D eigenvalue weighted by molar-refractivity contribution is 6.04. The van der Waals surface area contributed by atoms with E-state index in [1.54, 1.807) is 0 Å². The van der Waals surface area contributed by atoms with E-state index in [4.69, 9.17) is 0 Å². The second-order valence-electron chi connectivity index (χ2n) is 7.44. The van der Waals surface area contributed by atoms with Crippen LogP contribution in [-0.2, 0) is 11.8 Å². The maximum Gasteiger partial charge on any atom is 0.247 e. The zero-order valence-corrected chi connectivity index (χ0v) is 16.2. The lowest BCUT2D eigenvalue weighted by atomic mass is 9.98. The Balaban J connectivity index is 1.64. The normalized spacial score (nSPS) is 13.6. The number of aryl methyl sites for hydroxylation is 1. The summed E-state index contributed by atoms with van der Waals surface area (Å²) in [6.45, 7) is 3.52. The van der Waals surface area contributed by atoms with E-state index < -0.39 is 0 Å². The van der Waals surface area contributed by atoms with Crippen molar-refractivity contribution in [3.8, 4) is 22.3 Å². The molecule has 29 heavy (non-hydrogen) atoms. The summed E-state index contributed by atoms with van der Waals surface area (Å²) in [5.74, 6) is -0.226. The monoisotopic (exact) mass is 383 g/mol. The van der Waals surface area contributed by atoms with Crippen LogP contribution in [0.5, 0.6) is 0 Å². The Bertz CT molecular complexity index is 1250. The van der Waals surface area contributed by atoms with Crippen LogP contribution in [0.2, 0.25) is 0 Å². The van der Waals surface area contributed by atoms with Gasteiger partial charge in [-0.25, -0.2) is 0 Å². The van der Waals surface area contributed by atoms with Gasteiger partial charge >= 0.3 is 0 Å². The molecule has 1 amide bonds. The second-order valence-corrected chi connectivity index (χ2v) is 7.44. The fraction of sp³-hybridized carbons (Fsp3) is 0.174. The van der Waals surface area contributed by atoms with Gasteiger partial charge in [0.25, 0.3) is 0 Å². The highest BCUT2D eigenvalue weighted by Gasteiger charge is 2.25. The molecule has 3 heterocycles. The Morgan fingerprint density at radius 3 is 2.83 bits per heavy atom. The van der Waals surface area contributed by atoms with Crippen LogP contribution in [0.4, 0.5) is 5.69 Å². The number of amides is 1. The molecule has 0 aliphatic heterocycles. The van der Waals surface area contributed by atoms with Crippen LogP contribution in [0, 0.1) is 0 Å². The topological polar surface area (TPSA) is 64.7 Å². The number of carbonyl (C=O) groups is 1. The number of fused-ring (bicyclic) bond motifs is 1. The van der Waals surface area contributed by atoms with Crippen LogP contribution >= 0.6 is 0 Å². The van der Waals surface area contributed by atoms with Crippen LogP contribution in [0.25, 0.3) is 33.2 Å². The largest absolute Gasteiger partial charge is 0.350 e. The Kier molecular flexibility index (Phi) is 4.05. The molecule has 1 aliphatic rings. The van der Waals surface area contributed by atoms with Gasteiger partial charge in [-0.2, -0.15) is 5.10 Å². The molecule has 0 spiro atoms. The van der Waals surface area contributed by atoms with Crippen LogP contribution < -0.4 is 5.32 Å². The van der Waals surface area contributed by atoms with Gasteiger partial charge in [-0.1, -0.05) is 6.58 Å². The number of benzene rings is 1. The molecule has 0 atom stereocenters. The lowest BCUT2D eigenvalue weighted by Crippen LogP contribution is -2.06. The molecule has 1 saturated carbocycles. The molecule has 1 fully saturated rings. The third kappa shape index (κ3) is 3.12. The Labute approximate surface area is 168 Å². The predicted molar refractivity (Wildman–Crippen MR) is 114 cm³/mol. The number of aromatic nitrogens is 4. The lowest BCUT2D eigenvalue weighted by molar-refractivity contribution is -0.111. The van der Waals surface area contributed by atoms with Crippen molar-refractivity contribution in [2.75, 3.05) is 5.32 Å². The molecule has 0 saturated heterocycles. The summed E-state index contributed by atoms with van der Waals surface area (Å²) in [5, 5.41) is 8.45. The zero-order valence-electron chi connectivity index (χ0n) is 16.2. The summed E-state index contributed by atoms with van der Waals surface area (Å²) >= 11 is 0. The highest BCUT2D eigenvalue weighted by Crippen LogP contribution is 2.39. The second kappa shape index (κ2) is 6.74. The lowest BCUT2D eigenvalue weighted by Gasteiger charge is -2.08. The van der Waals surface area contributed by atoms with Crippen molar-refractivity contribution < 1.29 is 4.79 Å². The minimum Gasteiger partial charge on any atom is -0.350 e. The molecule has 1 N–H and O–H groups in total. The van der Waals surface area contributed by atoms with Crippen molar-refractivity contribution in [2.24, 2.45) is 7.05 Å². The van der Waals surface area contributed by atoms with Gasteiger partial charge in [0.2, 0.25) is 5.91 Å². The zero-order chi connectivity index (χ0) is 20.0. The van der Waals surface area contributed by atoms with Crippen LogP contribution in [0.15, 0.2) is 67.9 Å². The molecule has 3 aromatic heterocycles. The van der Waals surface area contributed by atoms with Crippen molar-refractivity contribution in [2.45, 2.75) is 18.9 Å². The van der Waals surface area contributed by atoms with Gasteiger partial charge in [-0.3, -0.25) is 14.5 Å². The molecular weight excluding hydrogens is 362 g/mol.